The summed E-state index contributed by atoms with van der Waals surface area (Å²) in [5, 5.41) is 7.97. The van der Waals surface area contributed by atoms with Crippen LogP contribution in [0.15, 0.2) is 51.8 Å². The number of nitrogens with zero attached hydrogens (tertiary/aromatic N) is 2. The van der Waals surface area contributed by atoms with E-state index in [1.54, 1.807) is 33.1 Å². The van der Waals surface area contributed by atoms with E-state index in [1.165, 1.54) is 0 Å². The van der Waals surface area contributed by atoms with Gasteiger partial charge in [-0.3, -0.25) is 0 Å². The standard InChI is InChI=1S/C19H21N3O4S/c1-13-11-16(25-3)12-14(2)18(13)27(23,24)20-10-9-17-21-22-19(26-17)15-7-5-4-6-8-15/h4-8,11-12,20H,9-10H2,1-3H3. The van der Waals surface area contributed by atoms with Crippen molar-refractivity contribution in [1.82, 2.24) is 14.9 Å². The molecule has 0 amide bonds. The Morgan fingerprint density at radius 2 is 1.74 bits per heavy atom. The van der Waals surface area contributed by atoms with Crippen LogP contribution in [0.5, 0.6) is 5.75 Å². The molecule has 0 radical (unpaired) electrons. The molecule has 0 bridgehead atoms. The van der Waals surface area contributed by atoms with Crippen LogP contribution in [0.25, 0.3) is 11.5 Å². The molecular formula is C19H21N3O4S. The normalized spacial score (nSPS) is 11.5. The van der Waals surface area contributed by atoms with Gasteiger partial charge in [0.05, 0.1) is 12.0 Å². The van der Waals surface area contributed by atoms with E-state index in [0.717, 1.165) is 5.56 Å². The van der Waals surface area contributed by atoms with Gasteiger partial charge in [0.1, 0.15) is 5.75 Å². The highest BCUT2D eigenvalue weighted by Crippen LogP contribution is 2.25. The Labute approximate surface area is 158 Å². The van der Waals surface area contributed by atoms with Gasteiger partial charge in [-0.2, -0.15) is 0 Å². The van der Waals surface area contributed by atoms with E-state index in [4.69, 9.17) is 9.15 Å². The van der Waals surface area contributed by atoms with Crippen LogP contribution >= 0.6 is 0 Å². The summed E-state index contributed by atoms with van der Waals surface area (Å²) in [7, 11) is -2.11. The predicted octanol–water partition coefficient (Wildman–Crippen LogP) is 2.88. The average Bonchev–Trinajstić information content (AvgIpc) is 3.10. The van der Waals surface area contributed by atoms with Crippen molar-refractivity contribution in [2.75, 3.05) is 13.7 Å². The van der Waals surface area contributed by atoms with Crippen LogP contribution in [-0.4, -0.2) is 32.3 Å². The molecule has 1 N–H and O–H groups in total. The molecule has 0 unspecified atom stereocenters. The van der Waals surface area contributed by atoms with Gasteiger partial charge in [-0.1, -0.05) is 18.2 Å². The van der Waals surface area contributed by atoms with Crippen LogP contribution in [0.3, 0.4) is 0 Å². The van der Waals surface area contributed by atoms with Crippen LogP contribution in [-0.2, 0) is 16.4 Å². The van der Waals surface area contributed by atoms with E-state index in [9.17, 15) is 8.42 Å². The number of ether oxygens (including phenoxy) is 1. The predicted molar refractivity (Wildman–Crippen MR) is 101 cm³/mol. The van der Waals surface area contributed by atoms with Gasteiger partial charge in [-0.05, 0) is 49.2 Å². The number of aryl methyl sites for hydroxylation is 2. The molecule has 1 heterocycles. The Morgan fingerprint density at radius 3 is 2.37 bits per heavy atom. The number of nitrogens with one attached hydrogen (secondary N) is 1. The zero-order valence-electron chi connectivity index (χ0n) is 15.4. The molecule has 0 fully saturated rings. The molecule has 142 valence electrons. The van der Waals surface area contributed by atoms with Gasteiger partial charge in [-0.15, -0.1) is 10.2 Å². The van der Waals surface area contributed by atoms with Crippen molar-refractivity contribution in [1.29, 1.82) is 0 Å². The first-order valence-corrected chi connectivity index (χ1v) is 9.92. The lowest BCUT2D eigenvalue weighted by molar-refractivity contribution is 0.413. The largest absolute Gasteiger partial charge is 0.497 e. The summed E-state index contributed by atoms with van der Waals surface area (Å²) in [6, 6.07) is 12.8. The van der Waals surface area contributed by atoms with Gasteiger partial charge >= 0.3 is 0 Å². The minimum Gasteiger partial charge on any atom is -0.497 e. The summed E-state index contributed by atoms with van der Waals surface area (Å²) >= 11 is 0. The van der Waals surface area contributed by atoms with E-state index in [1.807, 2.05) is 30.3 Å². The third kappa shape index (κ3) is 4.35. The molecule has 0 spiro atoms. The smallest absolute Gasteiger partial charge is 0.247 e. The first-order chi connectivity index (χ1) is 12.9. The van der Waals surface area contributed by atoms with E-state index in [-0.39, 0.29) is 11.4 Å². The van der Waals surface area contributed by atoms with Gasteiger partial charge in [0.2, 0.25) is 21.8 Å². The van der Waals surface area contributed by atoms with E-state index < -0.39 is 10.0 Å². The second-order valence-electron chi connectivity index (χ2n) is 6.11. The summed E-state index contributed by atoms with van der Waals surface area (Å²) in [6.07, 6.45) is 0.299. The van der Waals surface area contributed by atoms with E-state index in [0.29, 0.717) is 35.1 Å². The van der Waals surface area contributed by atoms with Crippen molar-refractivity contribution in [3.63, 3.8) is 0 Å². The second-order valence-corrected chi connectivity index (χ2v) is 7.81. The minimum absolute atomic E-state index is 0.156. The topological polar surface area (TPSA) is 94.3 Å². The van der Waals surface area contributed by atoms with Crippen LogP contribution in [0, 0.1) is 13.8 Å². The molecule has 0 aliphatic heterocycles. The maximum atomic E-state index is 12.7. The SMILES string of the molecule is COc1cc(C)c(S(=O)(=O)NCCc2nnc(-c3ccccc3)o2)c(C)c1. The van der Waals surface area contributed by atoms with Gasteiger partial charge in [-0.25, -0.2) is 13.1 Å². The van der Waals surface area contributed by atoms with Crippen molar-refractivity contribution >= 4 is 10.0 Å². The van der Waals surface area contributed by atoms with Crippen molar-refractivity contribution in [3.8, 4) is 17.2 Å². The molecule has 3 aromatic rings. The molecule has 27 heavy (non-hydrogen) atoms. The van der Waals surface area contributed by atoms with Crippen LogP contribution in [0.2, 0.25) is 0 Å². The lowest BCUT2D eigenvalue weighted by Gasteiger charge is -2.13. The molecule has 0 saturated heterocycles. The fourth-order valence-electron chi connectivity index (χ4n) is 2.87. The number of sulfonamides is 1. The summed E-state index contributed by atoms with van der Waals surface area (Å²) in [6.45, 7) is 3.64. The summed E-state index contributed by atoms with van der Waals surface area (Å²) in [5.41, 5.74) is 2.08. The summed E-state index contributed by atoms with van der Waals surface area (Å²) < 4.78 is 38.7. The van der Waals surface area contributed by atoms with Gasteiger partial charge in [0, 0.05) is 18.5 Å². The maximum absolute atomic E-state index is 12.7. The number of aromatic nitrogens is 2. The van der Waals surface area contributed by atoms with Crippen molar-refractivity contribution in [2.24, 2.45) is 0 Å². The van der Waals surface area contributed by atoms with Crippen molar-refractivity contribution in [2.45, 2.75) is 25.2 Å². The first kappa shape index (κ1) is 19.1. The van der Waals surface area contributed by atoms with E-state index in [2.05, 4.69) is 14.9 Å². The molecule has 0 aliphatic rings. The quantitative estimate of drug-likeness (QED) is 0.670. The van der Waals surface area contributed by atoms with Crippen molar-refractivity contribution in [3.05, 3.63) is 59.5 Å². The Morgan fingerprint density at radius 1 is 1.07 bits per heavy atom. The highest BCUT2D eigenvalue weighted by Gasteiger charge is 2.20. The van der Waals surface area contributed by atoms with Crippen molar-refractivity contribution < 1.29 is 17.6 Å². The molecular weight excluding hydrogens is 366 g/mol. The Hall–Kier alpha value is -2.71. The molecule has 0 saturated carbocycles. The Bertz CT molecular complexity index is 1010. The lowest BCUT2D eigenvalue weighted by atomic mass is 10.1. The molecule has 0 aliphatic carbocycles. The fraction of sp³-hybridized carbons (Fsp3) is 0.263. The lowest BCUT2D eigenvalue weighted by Crippen LogP contribution is -2.27. The summed E-state index contributed by atoms with van der Waals surface area (Å²) in [4.78, 5) is 0.263. The molecule has 8 heteroatoms. The molecule has 2 aromatic carbocycles. The van der Waals surface area contributed by atoms with Crippen LogP contribution in [0.1, 0.15) is 17.0 Å². The Balaban J connectivity index is 1.68. The zero-order chi connectivity index (χ0) is 19.4. The third-order valence-corrected chi connectivity index (χ3v) is 5.82. The fourth-order valence-corrected chi connectivity index (χ4v) is 4.35. The van der Waals surface area contributed by atoms with Gasteiger partial charge in [0.25, 0.3) is 0 Å². The third-order valence-electron chi connectivity index (χ3n) is 4.06. The van der Waals surface area contributed by atoms with Gasteiger partial charge < -0.3 is 9.15 Å². The molecule has 0 atom stereocenters. The number of rotatable bonds is 7. The monoisotopic (exact) mass is 387 g/mol. The van der Waals surface area contributed by atoms with Crippen LogP contribution in [0.4, 0.5) is 0 Å². The average molecular weight is 387 g/mol. The number of methoxy groups -OCH3 is 1. The number of benzene rings is 2. The molecule has 7 nitrogen and oxygen atoms in total. The highest BCUT2D eigenvalue weighted by atomic mass is 32.2. The molecule has 3 rings (SSSR count). The second kappa shape index (κ2) is 7.89. The van der Waals surface area contributed by atoms with Gasteiger partial charge in [0.15, 0.2) is 0 Å². The number of hydrogen-bond donors (Lipinski definition) is 1. The highest BCUT2D eigenvalue weighted by molar-refractivity contribution is 7.89. The van der Waals surface area contributed by atoms with Crippen LogP contribution < -0.4 is 9.46 Å². The first-order valence-electron chi connectivity index (χ1n) is 8.43. The number of hydrogen-bond acceptors (Lipinski definition) is 6. The maximum Gasteiger partial charge on any atom is 0.247 e. The van der Waals surface area contributed by atoms with E-state index >= 15 is 0 Å². The molecule has 1 aromatic heterocycles. The summed E-state index contributed by atoms with van der Waals surface area (Å²) in [5.74, 6) is 1.42. The zero-order valence-corrected chi connectivity index (χ0v) is 16.2. The Kier molecular flexibility index (Phi) is 5.57. The minimum atomic E-state index is -3.66.